The molecule has 0 heterocycles. The minimum atomic E-state index is -0.327. The van der Waals surface area contributed by atoms with Gasteiger partial charge in [0.25, 0.3) is 5.91 Å². The number of benzene rings is 2. The fourth-order valence-corrected chi connectivity index (χ4v) is 2.12. The minimum Gasteiger partial charge on any atom is -0.482 e. The zero-order valence-corrected chi connectivity index (χ0v) is 12.8. The van der Waals surface area contributed by atoms with E-state index in [1.165, 1.54) is 0 Å². The number of nitrogens with two attached hydrogens (primary N) is 1. The van der Waals surface area contributed by atoms with Crippen molar-refractivity contribution >= 4 is 40.5 Å². The highest BCUT2D eigenvalue weighted by atomic mass is 35.5. The Balaban J connectivity index is 2.01. The van der Waals surface area contributed by atoms with E-state index in [4.69, 9.17) is 33.7 Å². The molecule has 0 aromatic heterocycles. The zero-order chi connectivity index (χ0) is 15.4. The number of nitrogens with one attached hydrogen (secondary N) is 1. The monoisotopic (exact) mass is 324 g/mol. The molecule has 0 atom stereocenters. The first kappa shape index (κ1) is 15.5. The van der Waals surface area contributed by atoms with E-state index in [0.717, 1.165) is 5.56 Å². The van der Waals surface area contributed by atoms with Crippen molar-refractivity contribution in [1.82, 2.24) is 0 Å². The highest BCUT2D eigenvalue weighted by molar-refractivity contribution is 6.42. The summed E-state index contributed by atoms with van der Waals surface area (Å²) in [5, 5.41) is 3.37. The van der Waals surface area contributed by atoms with Gasteiger partial charge in [0, 0.05) is 0 Å². The number of amides is 1. The molecule has 0 bridgehead atoms. The van der Waals surface area contributed by atoms with E-state index < -0.39 is 0 Å². The van der Waals surface area contributed by atoms with Crippen LogP contribution in [-0.4, -0.2) is 12.5 Å². The molecule has 2 rings (SSSR count). The van der Waals surface area contributed by atoms with Gasteiger partial charge in [0.1, 0.15) is 10.8 Å². The Morgan fingerprint density at radius 1 is 1.24 bits per heavy atom. The number of nitrogen functional groups attached to an aromatic ring is 1. The van der Waals surface area contributed by atoms with E-state index in [9.17, 15) is 4.79 Å². The van der Waals surface area contributed by atoms with Gasteiger partial charge in [-0.25, -0.2) is 0 Å². The Morgan fingerprint density at radius 2 is 1.95 bits per heavy atom. The van der Waals surface area contributed by atoms with Gasteiger partial charge in [-0.1, -0.05) is 41.4 Å². The van der Waals surface area contributed by atoms with Crippen LogP contribution in [0.2, 0.25) is 10.0 Å². The molecule has 2 aromatic carbocycles. The second kappa shape index (κ2) is 6.70. The molecule has 0 fully saturated rings. The van der Waals surface area contributed by atoms with Crippen molar-refractivity contribution in [3.05, 3.63) is 52.0 Å². The smallest absolute Gasteiger partial charge is 0.262 e. The van der Waals surface area contributed by atoms with Crippen molar-refractivity contribution in [1.29, 1.82) is 0 Å². The molecule has 0 aliphatic rings. The third kappa shape index (κ3) is 3.80. The predicted octanol–water partition coefficient (Wildman–Crippen LogP) is 3.90. The second-order valence-electron chi connectivity index (χ2n) is 4.43. The number of hydrogen-bond donors (Lipinski definition) is 2. The molecule has 110 valence electrons. The van der Waals surface area contributed by atoms with Crippen molar-refractivity contribution in [2.45, 2.75) is 6.92 Å². The molecular formula is C15H14Cl2N2O2. The Bertz CT molecular complexity index is 654. The Morgan fingerprint density at radius 3 is 2.67 bits per heavy atom. The van der Waals surface area contributed by atoms with Crippen LogP contribution in [0.15, 0.2) is 36.4 Å². The summed E-state index contributed by atoms with van der Waals surface area (Å²) < 4.78 is 5.36. The zero-order valence-electron chi connectivity index (χ0n) is 11.3. The van der Waals surface area contributed by atoms with Gasteiger partial charge in [0.05, 0.1) is 16.4 Å². The van der Waals surface area contributed by atoms with Gasteiger partial charge in [-0.15, -0.1) is 0 Å². The molecule has 6 heteroatoms. The molecule has 0 saturated carbocycles. The first-order valence-electron chi connectivity index (χ1n) is 6.21. The molecule has 2 aromatic rings. The average Bonchev–Trinajstić information content (AvgIpc) is 2.45. The number of carbonyl (C=O) groups is 1. The van der Waals surface area contributed by atoms with Crippen LogP contribution in [0.4, 0.5) is 11.4 Å². The maximum atomic E-state index is 11.9. The molecule has 4 nitrogen and oxygen atoms in total. The molecule has 0 aliphatic carbocycles. The second-order valence-corrected chi connectivity index (χ2v) is 5.21. The van der Waals surface area contributed by atoms with E-state index >= 15 is 0 Å². The maximum absolute atomic E-state index is 11.9. The summed E-state index contributed by atoms with van der Waals surface area (Å²) in [6, 6.07) is 10.4. The summed E-state index contributed by atoms with van der Waals surface area (Å²) in [6.45, 7) is 1.68. The number of halogens is 2. The third-order valence-electron chi connectivity index (χ3n) is 2.84. The number of carbonyl (C=O) groups excluding carboxylic acids is 1. The third-order valence-corrected chi connectivity index (χ3v) is 3.65. The van der Waals surface area contributed by atoms with Crippen molar-refractivity contribution in [2.75, 3.05) is 17.7 Å². The summed E-state index contributed by atoms with van der Waals surface area (Å²) in [4.78, 5) is 11.9. The molecule has 1 amide bonds. The van der Waals surface area contributed by atoms with Crippen molar-refractivity contribution < 1.29 is 9.53 Å². The Kier molecular flexibility index (Phi) is 4.94. The molecule has 0 aliphatic heterocycles. The fraction of sp³-hybridized carbons (Fsp3) is 0.133. The van der Waals surface area contributed by atoms with Crippen LogP contribution < -0.4 is 15.8 Å². The Labute approximate surface area is 132 Å². The first-order chi connectivity index (χ1) is 9.99. The van der Waals surface area contributed by atoms with Crippen molar-refractivity contribution in [3.8, 4) is 5.75 Å². The van der Waals surface area contributed by atoms with E-state index in [1.54, 1.807) is 24.3 Å². The molecule has 0 unspecified atom stereocenters. The van der Waals surface area contributed by atoms with E-state index in [-0.39, 0.29) is 17.5 Å². The minimum absolute atomic E-state index is 0.187. The van der Waals surface area contributed by atoms with Gasteiger partial charge in [-0.05, 0) is 30.7 Å². The summed E-state index contributed by atoms with van der Waals surface area (Å²) in [5.41, 5.74) is 7.80. The van der Waals surface area contributed by atoms with Gasteiger partial charge in [-0.2, -0.15) is 0 Å². The molecule has 21 heavy (non-hydrogen) atoms. The highest BCUT2D eigenvalue weighted by Gasteiger charge is 2.10. The largest absolute Gasteiger partial charge is 0.482 e. The van der Waals surface area contributed by atoms with Crippen LogP contribution in [0, 0.1) is 6.92 Å². The molecule has 0 saturated heterocycles. The molecular weight excluding hydrogens is 311 g/mol. The van der Waals surface area contributed by atoms with Crippen LogP contribution in [0.5, 0.6) is 5.75 Å². The molecule has 0 radical (unpaired) electrons. The van der Waals surface area contributed by atoms with Crippen molar-refractivity contribution in [3.63, 3.8) is 0 Å². The highest BCUT2D eigenvalue weighted by Crippen LogP contribution is 2.31. The topological polar surface area (TPSA) is 64.3 Å². The summed E-state index contributed by atoms with van der Waals surface area (Å²) in [5.74, 6) is 0.0316. The fourth-order valence-electron chi connectivity index (χ4n) is 1.78. The van der Waals surface area contributed by atoms with Crippen LogP contribution in [-0.2, 0) is 4.79 Å². The molecule has 3 N–H and O–H groups in total. The van der Waals surface area contributed by atoms with Gasteiger partial charge in [-0.3, -0.25) is 4.79 Å². The number of ether oxygens (including phenoxy) is 1. The van der Waals surface area contributed by atoms with Crippen LogP contribution in [0.1, 0.15) is 5.56 Å². The van der Waals surface area contributed by atoms with Crippen LogP contribution in [0.25, 0.3) is 0 Å². The lowest BCUT2D eigenvalue weighted by atomic mass is 10.1. The van der Waals surface area contributed by atoms with Gasteiger partial charge in [0.15, 0.2) is 6.61 Å². The first-order valence-corrected chi connectivity index (χ1v) is 6.96. The standard InChI is InChI=1S/C15H14Cl2N2O2/c1-9-4-2-6-11(18)15(9)19-13(20)8-21-12-7-3-5-10(16)14(12)17/h2-7H,8,18H2,1H3,(H,19,20). The van der Waals surface area contributed by atoms with Crippen LogP contribution in [0.3, 0.4) is 0 Å². The number of aryl methyl sites for hydroxylation is 1. The number of rotatable bonds is 4. The van der Waals surface area contributed by atoms with E-state index in [1.807, 2.05) is 19.1 Å². The van der Waals surface area contributed by atoms with Crippen LogP contribution >= 0.6 is 23.2 Å². The number of hydrogen-bond acceptors (Lipinski definition) is 3. The Hall–Kier alpha value is -1.91. The number of para-hydroxylation sites is 1. The van der Waals surface area contributed by atoms with Gasteiger partial charge >= 0.3 is 0 Å². The normalized spacial score (nSPS) is 10.2. The lowest BCUT2D eigenvalue weighted by Gasteiger charge is -2.12. The maximum Gasteiger partial charge on any atom is 0.262 e. The molecule has 0 spiro atoms. The lowest BCUT2D eigenvalue weighted by Crippen LogP contribution is -2.21. The SMILES string of the molecule is Cc1cccc(N)c1NC(=O)COc1cccc(Cl)c1Cl. The van der Waals surface area contributed by atoms with Gasteiger partial charge in [0.2, 0.25) is 0 Å². The quantitative estimate of drug-likeness (QED) is 0.838. The van der Waals surface area contributed by atoms with Crippen molar-refractivity contribution in [2.24, 2.45) is 0 Å². The van der Waals surface area contributed by atoms with Gasteiger partial charge < -0.3 is 15.8 Å². The van der Waals surface area contributed by atoms with E-state index in [0.29, 0.717) is 22.1 Å². The average molecular weight is 325 g/mol. The summed E-state index contributed by atoms with van der Waals surface area (Å²) in [6.07, 6.45) is 0. The van der Waals surface area contributed by atoms with E-state index in [2.05, 4.69) is 5.32 Å². The summed E-state index contributed by atoms with van der Waals surface area (Å²) >= 11 is 11.9. The number of anilines is 2. The summed E-state index contributed by atoms with van der Waals surface area (Å²) in [7, 11) is 0. The lowest BCUT2D eigenvalue weighted by molar-refractivity contribution is -0.118. The predicted molar refractivity (Wildman–Crippen MR) is 86.2 cm³/mol.